The number of fused-ring (bicyclic) bond motifs is 1. The zero-order chi connectivity index (χ0) is 22.8. The Morgan fingerprint density at radius 1 is 1.18 bits per heavy atom. The van der Waals surface area contributed by atoms with E-state index >= 15 is 0 Å². The van der Waals surface area contributed by atoms with Crippen molar-refractivity contribution in [1.29, 1.82) is 0 Å². The first-order chi connectivity index (χ1) is 16.1. The van der Waals surface area contributed by atoms with Crippen molar-refractivity contribution in [1.82, 2.24) is 24.5 Å². The minimum absolute atomic E-state index is 0.186. The summed E-state index contributed by atoms with van der Waals surface area (Å²) in [5.74, 6) is 0.412. The van der Waals surface area contributed by atoms with Crippen molar-refractivity contribution in [3.8, 4) is 17.1 Å². The lowest BCUT2D eigenvalue weighted by Gasteiger charge is -2.14. The van der Waals surface area contributed by atoms with Crippen LogP contribution in [0.2, 0.25) is 5.02 Å². The molecule has 0 saturated heterocycles. The Bertz CT molecular complexity index is 1490. The van der Waals surface area contributed by atoms with E-state index in [0.717, 1.165) is 16.7 Å². The maximum Gasteiger partial charge on any atom is 0.261 e. The van der Waals surface area contributed by atoms with Gasteiger partial charge < -0.3 is 19.9 Å². The van der Waals surface area contributed by atoms with E-state index in [1.165, 1.54) is 6.20 Å². The summed E-state index contributed by atoms with van der Waals surface area (Å²) in [4.78, 5) is 38.8. The van der Waals surface area contributed by atoms with Gasteiger partial charge in [-0.1, -0.05) is 28.9 Å². The van der Waals surface area contributed by atoms with Gasteiger partial charge >= 0.3 is 0 Å². The number of rotatable bonds is 7. The summed E-state index contributed by atoms with van der Waals surface area (Å²) in [6, 6.07) is 13.8. The number of H-pyrrole nitrogens is 2. The van der Waals surface area contributed by atoms with E-state index in [4.69, 9.17) is 11.6 Å². The lowest BCUT2D eigenvalue weighted by molar-refractivity contribution is 0.759. The molecule has 0 aliphatic carbocycles. The molecule has 164 valence electrons. The highest BCUT2D eigenvalue weighted by Gasteiger charge is 2.17. The number of halogens is 1. The molecule has 0 saturated carbocycles. The summed E-state index contributed by atoms with van der Waals surface area (Å²) in [5.41, 5.74) is 3.65. The first-order valence-corrected chi connectivity index (χ1v) is 10.5. The van der Waals surface area contributed by atoms with Crippen LogP contribution in [0.5, 0.6) is 0 Å². The third-order valence-electron chi connectivity index (χ3n) is 5.31. The van der Waals surface area contributed by atoms with Crippen LogP contribution in [0.4, 0.5) is 5.69 Å². The number of aromatic amines is 2. The van der Waals surface area contributed by atoms with Crippen molar-refractivity contribution >= 4 is 28.3 Å². The average molecular weight is 460 g/mol. The van der Waals surface area contributed by atoms with Gasteiger partial charge in [-0.15, -0.1) is 0 Å². The molecule has 5 aromatic rings. The average Bonchev–Trinajstić information content (AvgIpc) is 3.49. The molecule has 0 amide bonds. The van der Waals surface area contributed by atoms with Crippen LogP contribution in [-0.2, 0) is 0 Å². The molecule has 33 heavy (non-hydrogen) atoms. The number of nitroso groups, excluding NO2 is 1. The van der Waals surface area contributed by atoms with Crippen LogP contribution in [0.3, 0.4) is 0 Å². The predicted molar refractivity (Wildman–Crippen MR) is 128 cm³/mol. The summed E-state index contributed by atoms with van der Waals surface area (Å²) >= 11 is 6.04. The van der Waals surface area contributed by atoms with Crippen molar-refractivity contribution in [3.05, 3.63) is 99.3 Å². The first kappa shape index (κ1) is 20.7. The van der Waals surface area contributed by atoms with Gasteiger partial charge in [-0.2, -0.15) is 4.91 Å². The second-order valence-corrected chi connectivity index (χ2v) is 7.85. The molecular weight excluding hydrogens is 442 g/mol. The van der Waals surface area contributed by atoms with E-state index in [9.17, 15) is 9.70 Å². The van der Waals surface area contributed by atoms with Crippen LogP contribution in [0.25, 0.3) is 28.1 Å². The molecule has 2 aromatic carbocycles. The zero-order valence-electron chi connectivity index (χ0n) is 17.2. The fraction of sp³-hybridized carbons (Fsp3) is 0.0870. The molecule has 9 nitrogen and oxygen atoms in total. The van der Waals surface area contributed by atoms with Gasteiger partial charge in [0.1, 0.15) is 17.4 Å². The highest BCUT2D eigenvalue weighted by atomic mass is 35.5. The Balaban J connectivity index is 1.47. The van der Waals surface area contributed by atoms with E-state index in [2.05, 4.69) is 30.4 Å². The monoisotopic (exact) mass is 459 g/mol. The predicted octanol–water partition coefficient (Wildman–Crippen LogP) is 4.68. The number of aromatic nitrogens is 5. The van der Waals surface area contributed by atoms with Crippen LogP contribution in [0, 0.1) is 4.91 Å². The smallest absolute Gasteiger partial charge is 0.261 e. The topological polar surface area (TPSA) is 121 Å². The van der Waals surface area contributed by atoms with E-state index in [-0.39, 0.29) is 12.1 Å². The maximum absolute atomic E-state index is 12.7. The van der Waals surface area contributed by atoms with E-state index in [0.29, 0.717) is 27.7 Å². The zero-order valence-corrected chi connectivity index (χ0v) is 18.0. The van der Waals surface area contributed by atoms with Crippen molar-refractivity contribution in [2.45, 2.75) is 6.04 Å². The normalized spacial score (nSPS) is 12.0. The Labute approximate surface area is 192 Å². The molecule has 0 bridgehead atoms. The van der Waals surface area contributed by atoms with Crippen molar-refractivity contribution in [2.24, 2.45) is 5.18 Å². The molecular formula is C23H18ClN7O2. The van der Waals surface area contributed by atoms with E-state index in [1.54, 1.807) is 42.9 Å². The van der Waals surface area contributed by atoms with Crippen molar-refractivity contribution in [2.75, 3.05) is 11.9 Å². The van der Waals surface area contributed by atoms with Gasteiger partial charge in [-0.05, 0) is 42.0 Å². The highest BCUT2D eigenvalue weighted by Crippen LogP contribution is 2.27. The Kier molecular flexibility index (Phi) is 5.45. The van der Waals surface area contributed by atoms with Crippen LogP contribution < -0.4 is 10.9 Å². The number of anilines is 1. The molecule has 3 heterocycles. The van der Waals surface area contributed by atoms with Gasteiger partial charge in [0.15, 0.2) is 0 Å². The Morgan fingerprint density at radius 2 is 2.09 bits per heavy atom. The van der Waals surface area contributed by atoms with Crippen LogP contribution in [0.15, 0.2) is 83.4 Å². The minimum Gasteiger partial charge on any atom is -0.382 e. The molecule has 3 aromatic heterocycles. The third kappa shape index (κ3) is 4.13. The molecule has 0 aliphatic rings. The third-order valence-corrected chi connectivity index (χ3v) is 5.55. The van der Waals surface area contributed by atoms with Crippen molar-refractivity contribution in [3.63, 3.8) is 0 Å². The van der Waals surface area contributed by atoms with E-state index in [1.807, 2.05) is 29.0 Å². The molecule has 10 heteroatoms. The van der Waals surface area contributed by atoms with E-state index < -0.39 is 6.04 Å². The molecule has 5 rings (SSSR count). The molecule has 1 unspecified atom stereocenters. The lowest BCUT2D eigenvalue weighted by atomic mass is 10.1. The fourth-order valence-electron chi connectivity index (χ4n) is 3.69. The summed E-state index contributed by atoms with van der Waals surface area (Å²) in [6.45, 7) is 0.186. The number of nitrogens with zero attached hydrogens (tertiary/aromatic N) is 4. The summed E-state index contributed by atoms with van der Waals surface area (Å²) in [7, 11) is 0. The number of hydrogen-bond donors (Lipinski definition) is 3. The number of pyridine rings is 1. The second kappa shape index (κ2) is 8.71. The fourth-order valence-corrected chi connectivity index (χ4v) is 3.88. The summed E-state index contributed by atoms with van der Waals surface area (Å²) in [5, 5.41) is 6.91. The minimum atomic E-state index is -0.677. The number of nitrogens with one attached hydrogen (secondary N) is 3. The maximum atomic E-state index is 12.7. The lowest BCUT2D eigenvalue weighted by Crippen LogP contribution is -2.16. The van der Waals surface area contributed by atoms with Gasteiger partial charge in [-0.25, -0.2) is 9.97 Å². The molecule has 0 fully saturated rings. The van der Waals surface area contributed by atoms with Gasteiger partial charge in [0, 0.05) is 35.8 Å². The SMILES string of the molecule is O=NC(CNc1cc[nH]c(=O)c1-c1nc2ccc(-n3ccnc3)cc2[nH]1)c1cccc(Cl)c1. The number of hydrogen-bond acceptors (Lipinski definition) is 6. The van der Waals surface area contributed by atoms with Crippen LogP contribution >= 0.6 is 11.6 Å². The van der Waals surface area contributed by atoms with Crippen LogP contribution in [0.1, 0.15) is 11.6 Å². The molecule has 1 atom stereocenters. The second-order valence-electron chi connectivity index (χ2n) is 7.41. The number of imidazole rings is 2. The number of benzene rings is 2. The Morgan fingerprint density at radius 3 is 2.88 bits per heavy atom. The first-order valence-electron chi connectivity index (χ1n) is 10.1. The Hall–Kier alpha value is -4.24. The molecule has 0 radical (unpaired) electrons. The molecule has 0 aliphatic heterocycles. The quantitative estimate of drug-likeness (QED) is 0.305. The summed E-state index contributed by atoms with van der Waals surface area (Å²) < 4.78 is 1.88. The van der Waals surface area contributed by atoms with Gasteiger partial charge in [0.05, 0.1) is 23.0 Å². The van der Waals surface area contributed by atoms with Crippen molar-refractivity contribution < 1.29 is 0 Å². The van der Waals surface area contributed by atoms with Crippen LogP contribution in [-0.4, -0.2) is 31.0 Å². The van der Waals surface area contributed by atoms with Gasteiger partial charge in [0.2, 0.25) is 0 Å². The standard InChI is InChI=1S/C23H18ClN7O2/c24-15-3-1-2-14(10-15)20(30-33)12-27-18-6-7-26-23(32)21(18)22-28-17-5-4-16(11-19(17)29-22)31-9-8-25-13-31/h1-11,13,20H,12H2,(H,28,29)(H2,26,27,32). The van der Waals surface area contributed by atoms with Gasteiger partial charge in [-0.3, -0.25) is 4.79 Å². The largest absolute Gasteiger partial charge is 0.382 e. The van der Waals surface area contributed by atoms with Gasteiger partial charge in [0.25, 0.3) is 5.56 Å². The highest BCUT2D eigenvalue weighted by molar-refractivity contribution is 6.30. The molecule has 0 spiro atoms. The molecule has 3 N–H and O–H groups in total. The summed E-state index contributed by atoms with van der Waals surface area (Å²) in [6.07, 6.45) is 6.80.